The summed E-state index contributed by atoms with van der Waals surface area (Å²) in [7, 11) is 0. The van der Waals surface area contributed by atoms with E-state index < -0.39 is 0 Å². The fourth-order valence-corrected chi connectivity index (χ4v) is 2.33. The van der Waals surface area contributed by atoms with Gasteiger partial charge >= 0.3 is 0 Å². The Balaban J connectivity index is 1.73. The van der Waals surface area contributed by atoms with E-state index in [1.165, 1.54) is 0 Å². The molecule has 0 unspecified atom stereocenters. The van der Waals surface area contributed by atoms with Crippen LogP contribution in [0.1, 0.15) is 25.3 Å². The molecule has 4 nitrogen and oxygen atoms in total. The van der Waals surface area contributed by atoms with Gasteiger partial charge in [-0.3, -0.25) is 4.79 Å². The lowest BCUT2D eigenvalue weighted by Gasteiger charge is -2.09. The molecule has 0 saturated carbocycles. The van der Waals surface area contributed by atoms with Crippen LogP contribution in [-0.4, -0.2) is 19.1 Å². The van der Waals surface area contributed by atoms with E-state index in [4.69, 9.17) is 16.3 Å². The summed E-state index contributed by atoms with van der Waals surface area (Å²) in [5.74, 6) is 0.722. The molecular weight excluding hydrogens is 324 g/mol. The van der Waals surface area contributed by atoms with Crippen LogP contribution in [0.15, 0.2) is 48.5 Å². The van der Waals surface area contributed by atoms with Crippen LogP contribution in [0.3, 0.4) is 0 Å². The summed E-state index contributed by atoms with van der Waals surface area (Å²) in [5.41, 5.74) is 1.72. The molecule has 1 amide bonds. The number of carbonyl (C=O) groups excluding carboxylic acids is 1. The van der Waals surface area contributed by atoms with Crippen molar-refractivity contribution in [3.8, 4) is 5.75 Å². The summed E-state index contributed by atoms with van der Waals surface area (Å²) < 4.78 is 5.59. The van der Waals surface area contributed by atoms with E-state index in [1.54, 1.807) is 0 Å². The SMILES string of the molecule is CCCCOc1ccc(NC(=O)CNCc2ccccc2Cl)cc1. The van der Waals surface area contributed by atoms with Gasteiger partial charge in [0.25, 0.3) is 0 Å². The maximum Gasteiger partial charge on any atom is 0.238 e. The normalized spacial score (nSPS) is 10.4. The van der Waals surface area contributed by atoms with Gasteiger partial charge in [0.15, 0.2) is 0 Å². The van der Waals surface area contributed by atoms with Crippen molar-refractivity contribution in [2.45, 2.75) is 26.3 Å². The predicted octanol–water partition coefficient (Wildman–Crippen LogP) is 4.25. The number of benzene rings is 2. The Morgan fingerprint density at radius 2 is 1.88 bits per heavy atom. The summed E-state index contributed by atoms with van der Waals surface area (Å²) in [5, 5.41) is 6.63. The highest BCUT2D eigenvalue weighted by Crippen LogP contribution is 2.16. The second-order valence-corrected chi connectivity index (χ2v) is 5.88. The third-order valence-electron chi connectivity index (χ3n) is 3.46. The molecule has 0 aromatic heterocycles. The van der Waals surface area contributed by atoms with Gasteiger partial charge in [-0.05, 0) is 42.3 Å². The average Bonchev–Trinajstić information content (AvgIpc) is 2.58. The van der Waals surface area contributed by atoms with E-state index in [2.05, 4.69) is 17.6 Å². The number of amides is 1. The first-order chi connectivity index (χ1) is 11.7. The molecule has 24 heavy (non-hydrogen) atoms. The molecule has 0 aliphatic rings. The van der Waals surface area contributed by atoms with Crippen molar-refractivity contribution in [3.63, 3.8) is 0 Å². The van der Waals surface area contributed by atoms with Crippen molar-refractivity contribution in [1.82, 2.24) is 5.32 Å². The van der Waals surface area contributed by atoms with E-state index in [1.807, 2.05) is 48.5 Å². The van der Waals surface area contributed by atoms with Crippen molar-refractivity contribution < 1.29 is 9.53 Å². The standard InChI is InChI=1S/C19H23ClN2O2/c1-2-3-12-24-17-10-8-16(9-11-17)22-19(23)14-21-13-15-6-4-5-7-18(15)20/h4-11,21H,2-3,12-14H2,1H3,(H,22,23). The second kappa shape index (κ2) is 9.96. The van der Waals surface area contributed by atoms with Crippen LogP contribution < -0.4 is 15.4 Å². The lowest BCUT2D eigenvalue weighted by Crippen LogP contribution is -2.27. The van der Waals surface area contributed by atoms with Crippen LogP contribution in [0.25, 0.3) is 0 Å². The number of unbranched alkanes of at least 4 members (excludes halogenated alkanes) is 1. The number of hydrogen-bond donors (Lipinski definition) is 2. The minimum absolute atomic E-state index is 0.0956. The first-order valence-electron chi connectivity index (χ1n) is 8.16. The Morgan fingerprint density at radius 1 is 1.12 bits per heavy atom. The topological polar surface area (TPSA) is 50.4 Å². The summed E-state index contributed by atoms with van der Waals surface area (Å²) in [6, 6.07) is 15.0. The van der Waals surface area contributed by atoms with E-state index in [0.717, 1.165) is 29.8 Å². The van der Waals surface area contributed by atoms with Gasteiger partial charge < -0.3 is 15.4 Å². The number of carbonyl (C=O) groups is 1. The van der Waals surface area contributed by atoms with E-state index in [0.29, 0.717) is 18.2 Å². The third kappa shape index (κ3) is 6.22. The highest BCUT2D eigenvalue weighted by molar-refractivity contribution is 6.31. The van der Waals surface area contributed by atoms with Crippen molar-refractivity contribution in [2.75, 3.05) is 18.5 Å². The maximum absolute atomic E-state index is 11.9. The van der Waals surface area contributed by atoms with Gasteiger partial charge in [0.05, 0.1) is 13.2 Å². The Kier molecular flexibility index (Phi) is 7.59. The van der Waals surface area contributed by atoms with Gasteiger partial charge in [-0.2, -0.15) is 0 Å². The predicted molar refractivity (Wildman–Crippen MR) is 98.6 cm³/mol. The maximum atomic E-state index is 11.9. The van der Waals surface area contributed by atoms with Gasteiger partial charge in [0.2, 0.25) is 5.91 Å². The Hall–Kier alpha value is -2.04. The molecule has 0 heterocycles. The van der Waals surface area contributed by atoms with Crippen molar-refractivity contribution in [2.24, 2.45) is 0 Å². The van der Waals surface area contributed by atoms with Gasteiger partial charge in [-0.25, -0.2) is 0 Å². The number of hydrogen-bond acceptors (Lipinski definition) is 3. The first-order valence-corrected chi connectivity index (χ1v) is 8.53. The van der Waals surface area contributed by atoms with Crippen LogP contribution >= 0.6 is 11.6 Å². The summed E-state index contributed by atoms with van der Waals surface area (Å²) in [6.07, 6.45) is 2.14. The van der Waals surface area contributed by atoms with Crippen molar-refractivity contribution in [3.05, 3.63) is 59.1 Å². The molecule has 0 aliphatic heterocycles. The largest absolute Gasteiger partial charge is 0.494 e. The minimum atomic E-state index is -0.0956. The highest BCUT2D eigenvalue weighted by atomic mass is 35.5. The van der Waals surface area contributed by atoms with Crippen molar-refractivity contribution >= 4 is 23.2 Å². The van der Waals surface area contributed by atoms with Crippen LogP contribution in [0.2, 0.25) is 5.02 Å². The Bertz CT molecular complexity index is 644. The van der Waals surface area contributed by atoms with Crippen LogP contribution in [-0.2, 0) is 11.3 Å². The molecule has 2 N–H and O–H groups in total. The summed E-state index contributed by atoms with van der Waals surface area (Å²) in [4.78, 5) is 11.9. The molecule has 0 fully saturated rings. The number of rotatable bonds is 9. The summed E-state index contributed by atoms with van der Waals surface area (Å²) >= 11 is 6.08. The zero-order valence-electron chi connectivity index (χ0n) is 13.8. The molecule has 5 heteroatoms. The second-order valence-electron chi connectivity index (χ2n) is 5.47. The minimum Gasteiger partial charge on any atom is -0.494 e. The molecule has 0 radical (unpaired) electrons. The van der Waals surface area contributed by atoms with Crippen LogP contribution in [0.4, 0.5) is 5.69 Å². The van der Waals surface area contributed by atoms with Crippen molar-refractivity contribution in [1.29, 1.82) is 0 Å². The van der Waals surface area contributed by atoms with Gasteiger partial charge in [0, 0.05) is 17.3 Å². The Morgan fingerprint density at radius 3 is 2.58 bits per heavy atom. The molecule has 2 rings (SSSR count). The molecular formula is C19H23ClN2O2. The van der Waals surface area contributed by atoms with Crippen LogP contribution in [0, 0.1) is 0 Å². The molecule has 0 aliphatic carbocycles. The average molecular weight is 347 g/mol. The molecule has 0 saturated heterocycles. The zero-order valence-corrected chi connectivity index (χ0v) is 14.6. The molecule has 2 aromatic carbocycles. The molecule has 2 aromatic rings. The number of anilines is 1. The van der Waals surface area contributed by atoms with E-state index in [9.17, 15) is 4.79 Å². The molecule has 0 atom stereocenters. The van der Waals surface area contributed by atoms with E-state index in [-0.39, 0.29) is 12.5 Å². The molecule has 0 bridgehead atoms. The molecule has 0 spiro atoms. The van der Waals surface area contributed by atoms with Gasteiger partial charge in [0.1, 0.15) is 5.75 Å². The highest BCUT2D eigenvalue weighted by Gasteiger charge is 2.04. The lowest BCUT2D eigenvalue weighted by atomic mass is 10.2. The lowest BCUT2D eigenvalue weighted by molar-refractivity contribution is -0.115. The third-order valence-corrected chi connectivity index (χ3v) is 3.83. The Labute approximate surface area is 148 Å². The fraction of sp³-hybridized carbons (Fsp3) is 0.316. The van der Waals surface area contributed by atoms with Crippen LogP contribution in [0.5, 0.6) is 5.75 Å². The zero-order chi connectivity index (χ0) is 17.2. The monoisotopic (exact) mass is 346 g/mol. The molecule has 128 valence electrons. The number of nitrogens with one attached hydrogen (secondary N) is 2. The first kappa shape index (κ1) is 18.3. The number of ether oxygens (including phenoxy) is 1. The smallest absolute Gasteiger partial charge is 0.238 e. The summed E-state index contributed by atoms with van der Waals surface area (Å²) in [6.45, 7) is 3.62. The quantitative estimate of drug-likeness (QED) is 0.667. The number of halogens is 1. The van der Waals surface area contributed by atoms with Gasteiger partial charge in [-0.15, -0.1) is 0 Å². The van der Waals surface area contributed by atoms with E-state index >= 15 is 0 Å². The fourth-order valence-electron chi connectivity index (χ4n) is 2.13. The van der Waals surface area contributed by atoms with Gasteiger partial charge in [-0.1, -0.05) is 43.1 Å².